The minimum atomic E-state index is -0.0989. The third-order valence-corrected chi connectivity index (χ3v) is 4.29. The molecule has 0 spiro atoms. The molecule has 0 fully saturated rings. The first kappa shape index (κ1) is 15.7. The van der Waals surface area contributed by atoms with Crippen LogP contribution in [0.5, 0.6) is 0 Å². The fraction of sp³-hybridized carbons (Fsp3) is 0.111. The summed E-state index contributed by atoms with van der Waals surface area (Å²) in [4.78, 5) is 16.6. The number of aromatic nitrogens is 2. The van der Waals surface area contributed by atoms with Crippen LogP contribution in [0.3, 0.4) is 0 Å². The number of carbonyl (C=O) groups excluding carboxylic acids is 1. The number of pyridine rings is 1. The highest BCUT2D eigenvalue weighted by Crippen LogP contribution is 2.17. The molecule has 1 atom stereocenters. The first-order valence-corrected chi connectivity index (χ1v) is 8.37. The zero-order valence-corrected chi connectivity index (χ0v) is 14.8. The molecular weight excluding hydrogens is 401 g/mol. The minimum Gasteiger partial charge on any atom is -0.344 e. The van der Waals surface area contributed by atoms with Crippen LogP contribution in [0.2, 0.25) is 0 Å². The summed E-state index contributed by atoms with van der Waals surface area (Å²) in [6, 6.07) is 15.5. The maximum absolute atomic E-state index is 12.6. The lowest BCUT2D eigenvalue weighted by Gasteiger charge is -2.15. The predicted molar refractivity (Wildman–Crippen MR) is 98.6 cm³/mol. The fourth-order valence-corrected chi connectivity index (χ4v) is 2.95. The van der Waals surface area contributed by atoms with E-state index in [-0.39, 0.29) is 11.9 Å². The molecule has 3 rings (SSSR count). The SMILES string of the molecule is C[C@H](NC(=O)c1cccn1-c1cccc(I)c1)c1ccncc1. The zero-order valence-electron chi connectivity index (χ0n) is 12.6. The highest BCUT2D eigenvalue weighted by atomic mass is 127. The number of nitrogens with one attached hydrogen (secondary N) is 1. The summed E-state index contributed by atoms with van der Waals surface area (Å²) < 4.78 is 3.03. The summed E-state index contributed by atoms with van der Waals surface area (Å²) in [5, 5.41) is 3.03. The molecule has 0 saturated heterocycles. The summed E-state index contributed by atoms with van der Waals surface area (Å²) >= 11 is 2.27. The Kier molecular flexibility index (Phi) is 4.76. The molecule has 116 valence electrons. The van der Waals surface area contributed by atoms with Crippen molar-refractivity contribution in [3.05, 3.63) is 81.9 Å². The molecule has 2 aromatic heterocycles. The van der Waals surface area contributed by atoms with Crippen molar-refractivity contribution in [1.29, 1.82) is 0 Å². The van der Waals surface area contributed by atoms with Crippen LogP contribution in [-0.2, 0) is 0 Å². The highest BCUT2D eigenvalue weighted by Gasteiger charge is 2.15. The van der Waals surface area contributed by atoms with E-state index in [1.54, 1.807) is 12.4 Å². The minimum absolute atomic E-state index is 0.0789. The smallest absolute Gasteiger partial charge is 0.268 e. The Morgan fingerprint density at radius 3 is 2.70 bits per heavy atom. The molecule has 4 nitrogen and oxygen atoms in total. The zero-order chi connectivity index (χ0) is 16.2. The molecule has 23 heavy (non-hydrogen) atoms. The van der Waals surface area contributed by atoms with Crippen molar-refractivity contribution in [2.24, 2.45) is 0 Å². The van der Waals surface area contributed by atoms with Gasteiger partial charge in [-0.25, -0.2) is 0 Å². The van der Waals surface area contributed by atoms with E-state index in [1.807, 2.05) is 66.2 Å². The average molecular weight is 417 g/mol. The van der Waals surface area contributed by atoms with Crippen molar-refractivity contribution < 1.29 is 4.79 Å². The fourth-order valence-electron chi connectivity index (χ4n) is 2.42. The number of hydrogen-bond donors (Lipinski definition) is 1. The topological polar surface area (TPSA) is 46.9 Å². The van der Waals surface area contributed by atoms with Gasteiger partial charge in [0.1, 0.15) is 5.69 Å². The van der Waals surface area contributed by atoms with E-state index in [4.69, 9.17) is 0 Å². The number of rotatable bonds is 4. The molecule has 1 N–H and O–H groups in total. The van der Waals surface area contributed by atoms with E-state index in [9.17, 15) is 4.79 Å². The van der Waals surface area contributed by atoms with Crippen LogP contribution < -0.4 is 5.32 Å². The summed E-state index contributed by atoms with van der Waals surface area (Å²) in [7, 11) is 0. The van der Waals surface area contributed by atoms with Crippen LogP contribution in [0.4, 0.5) is 0 Å². The third-order valence-electron chi connectivity index (χ3n) is 3.62. The van der Waals surface area contributed by atoms with Crippen LogP contribution in [0.15, 0.2) is 67.1 Å². The molecule has 1 amide bonds. The van der Waals surface area contributed by atoms with Crippen LogP contribution in [0, 0.1) is 3.57 Å². The van der Waals surface area contributed by atoms with E-state index < -0.39 is 0 Å². The van der Waals surface area contributed by atoms with Crippen molar-refractivity contribution in [3.63, 3.8) is 0 Å². The van der Waals surface area contributed by atoms with E-state index in [0.29, 0.717) is 5.69 Å². The Balaban J connectivity index is 1.83. The van der Waals surface area contributed by atoms with Gasteiger partial charge in [0, 0.05) is 27.8 Å². The van der Waals surface area contributed by atoms with Crippen molar-refractivity contribution in [2.45, 2.75) is 13.0 Å². The second kappa shape index (κ2) is 6.95. The second-order valence-corrected chi connectivity index (χ2v) is 6.46. The van der Waals surface area contributed by atoms with Gasteiger partial charge in [0.25, 0.3) is 5.91 Å². The molecule has 3 aromatic rings. The Morgan fingerprint density at radius 1 is 1.17 bits per heavy atom. The van der Waals surface area contributed by atoms with Gasteiger partial charge in [-0.1, -0.05) is 6.07 Å². The first-order chi connectivity index (χ1) is 11.1. The molecule has 1 aromatic carbocycles. The monoisotopic (exact) mass is 417 g/mol. The number of benzene rings is 1. The quantitative estimate of drug-likeness (QED) is 0.654. The molecule has 2 heterocycles. The van der Waals surface area contributed by atoms with Gasteiger partial charge in [-0.2, -0.15) is 0 Å². The van der Waals surface area contributed by atoms with Gasteiger partial charge in [0.05, 0.1) is 6.04 Å². The lowest BCUT2D eigenvalue weighted by atomic mass is 10.1. The molecular formula is C18H16IN3O. The number of amides is 1. The molecule has 0 saturated carbocycles. The second-order valence-electron chi connectivity index (χ2n) is 5.22. The summed E-state index contributed by atoms with van der Waals surface area (Å²) in [6.07, 6.45) is 5.36. The summed E-state index contributed by atoms with van der Waals surface area (Å²) in [6.45, 7) is 1.96. The predicted octanol–water partition coefficient (Wildman–Crippen LogP) is 3.97. The Labute approximate surface area is 148 Å². The number of hydrogen-bond acceptors (Lipinski definition) is 2. The molecule has 0 aliphatic heterocycles. The van der Waals surface area contributed by atoms with Crippen molar-refractivity contribution >= 4 is 28.5 Å². The van der Waals surface area contributed by atoms with Gasteiger partial charge < -0.3 is 9.88 Å². The van der Waals surface area contributed by atoms with Crippen LogP contribution in [0.1, 0.15) is 29.0 Å². The van der Waals surface area contributed by atoms with Gasteiger partial charge in [-0.3, -0.25) is 9.78 Å². The molecule has 5 heteroatoms. The average Bonchev–Trinajstić information content (AvgIpc) is 3.05. The largest absolute Gasteiger partial charge is 0.344 e. The van der Waals surface area contributed by atoms with Crippen molar-refractivity contribution in [1.82, 2.24) is 14.9 Å². The van der Waals surface area contributed by atoms with Crippen molar-refractivity contribution in [3.8, 4) is 5.69 Å². The maximum Gasteiger partial charge on any atom is 0.268 e. The number of halogens is 1. The van der Waals surface area contributed by atoms with Crippen molar-refractivity contribution in [2.75, 3.05) is 0 Å². The summed E-state index contributed by atoms with van der Waals surface area (Å²) in [5.41, 5.74) is 2.62. The van der Waals surface area contributed by atoms with Gasteiger partial charge in [0.15, 0.2) is 0 Å². The Morgan fingerprint density at radius 2 is 1.96 bits per heavy atom. The van der Waals surface area contributed by atoms with Crippen LogP contribution in [0.25, 0.3) is 5.69 Å². The van der Waals surface area contributed by atoms with E-state index in [2.05, 4.69) is 32.9 Å². The highest BCUT2D eigenvalue weighted by molar-refractivity contribution is 14.1. The standard InChI is InChI=1S/C18H16IN3O/c1-13(14-7-9-20-10-8-14)21-18(23)17-6-3-11-22(17)16-5-2-4-15(19)12-16/h2-13H,1H3,(H,21,23)/t13-/m0/s1. The molecule has 0 aliphatic rings. The van der Waals surface area contributed by atoms with Crippen LogP contribution >= 0.6 is 22.6 Å². The van der Waals surface area contributed by atoms with Gasteiger partial charge in [-0.15, -0.1) is 0 Å². The van der Waals surface area contributed by atoms with E-state index in [0.717, 1.165) is 14.8 Å². The van der Waals surface area contributed by atoms with E-state index >= 15 is 0 Å². The molecule has 0 aliphatic carbocycles. The third kappa shape index (κ3) is 3.61. The number of carbonyl (C=O) groups is 1. The maximum atomic E-state index is 12.6. The lowest BCUT2D eigenvalue weighted by Crippen LogP contribution is -2.28. The summed E-state index contributed by atoms with van der Waals surface area (Å²) in [5.74, 6) is -0.0989. The number of nitrogens with zero attached hydrogens (tertiary/aromatic N) is 2. The van der Waals surface area contributed by atoms with Gasteiger partial charge in [-0.05, 0) is 77.5 Å². The molecule has 0 unspecified atom stereocenters. The molecule has 0 radical (unpaired) electrons. The molecule has 0 bridgehead atoms. The Hall–Kier alpha value is -2.15. The van der Waals surface area contributed by atoms with Gasteiger partial charge in [0.2, 0.25) is 0 Å². The van der Waals surface area contributed by atoms with Gasteiger partial charge >= 0.3 is 0 Å². The van der Waals surface area contributed by atoms with Crippen LogP contribution in [-0.4, -0.2) is 15.5 Å². The van der Waals surface area contributed by atoms with E-state index in [1.165, 1.54) is 0 Å². The first-order valence-electron chi connectivity index (χ1n) is 7.29. The lowest BCUT2D eigenvalue weighted by molar-refractivity contribution is 0.0933. The normalized spacial score (nSPS) is 11.9. The Bertz CT molecular complexity index is 814.